The van der Waals surface area contributed by atoms with Crippen LogP contribution in [-0.2, 0) is 26.2 Å². The molecule has 0 aromatic heterocycles. The molecule has 0 heterocycles. The Morgan fingerprint density at radius 3 is 2.29 bits per heavy atom. The van der Waals surface area contributed by atoms with Gasteiger partial charge in [-0.25, -0.2) is 8.42 Å². The van der Waals surface area contributed by atoms with Gasteiger partial charge in [0.25, 0.3) is 10.0 Å². The molecule has 0 spiro atoms. The molecule has 0 radical (unpaired) electrons. The van der Waals surface area contributed by atoms with Crippen molar-refractivity contribution in [3.05, 3.63) is 88.9 Å². The number of carbonyl (C=O) groups is 2. The van der Waals surface area contributed by atoms with Crippen molar-refractivity contribution in [1.82, 2.24) is 10.2 Å². The van der Waals surface area contributed by atoms with Crippen molar-refractivity contribution >= 4 is 39.1 Å². The number of carbonyl (C=O) groups excluding carboxylic acids is 2. The van der Waals surface area contributed by atoms with Crippen LogP contribution in [0.5, 0.6) is 5.75 Å². The molecule has 8 nitrogen and oxygen atoms in total. The third kappa shape index (κ3) is 7.25. The number of nitrogens with zero attached hydrogens (tertiary/aromatic N) is 2. The highest BCUT2D eigenvalue weighted by atomic mass is 35.5. The van der Waals surface area contributed by atoms with Gasteiger partial charge in [0.15, 0.2) is 0 Å². The zero-order valence-electron chi connectivity index (χ0n) is 24.3. The number of halogens is 1. The summed E-state index contributed by atoms with van der Waals surface area (Å²) in [6, 6.07) is 19.5. The number of nitrogens with one attached hydrogen (secondary N) is 1. The molecular formula is C32H38ClN3O5S. The van der Waals surface area contributed by atoms with Crippen LogP contribution in [0.1, 0.15) is 50.2 Å². The number of hydrogen-bond acceptors (Lipinski definition) is 5. The zero-order chi connectivity index (χ0) is 30.3. The molecule has 42 heavy (non-hydrogen) atoms. The lowest BCUT2D eigenvalue weighted by Gasteiger charge is -2.34. The molecule has 1 N–H and O–H groups in total. The number of benzene rings is 3. The summed E-state index contributed by atoms with van der Waals surface area (Å²) in [6.07, 6.45) is 4.29. The largest absolute Gasteiger partial charge is 0.497 e. The summed E-state index contributed by atoms with van der Waals surface area (Å²) in [5, 5.41) is 3.51. The summed E-state index contributed by atoms with van der Waals surface area (Å²) in [4.78, 5) is 29.4. The van der Waals surface area contributed by atoms with Crippen LogP contribution in [0.15, 0.2) is 77.7 Å². The summed E-state index contributed by atoms with van der Waals surface area (Å²) in [6.45, 7) is 3.18. The fourth-order valence-corrected chi connectivity index (χ4v) is 6.98. The minimum atomic E-state index is -4.17. The van der Waals surface area contributed by atoms with Gasteiger partial charge in [-0.2, -0.15) is 0 Å². The predicted octanol–water partition coefficient (Wildman–Crippen LogP) is 5.72. The monoisotopic (exact) mass is 611 g/mol. The van der Waals surface area contributed by atoms with E-state index in [2.05, 4.69) is 5.32 Å². The maximum absolute atomic E-state index is 14.3. The van der Waals surface area contributed by atoms with Crippen LogP contribution in [0.4, 0.5) is 5.69 Å². The Labute approximate surface area is 253 Å². The molecule has 0 saturated heterocycles. The summed E-state index contributed by atoms with van der Waals surface area (Å²) in [5.74, 6) is -0.0695. The van der Waals surface area contributed by atoms with Crippen molar-refractivity contribution in [3.63, 3.8) is 0 Å². The van der Waals surface area contributed by atoms with Gasteiger partial charge in [-0.05, 0) is 73.7 Å². The van der Waals surface area contributed by atoms with E-state index in [0.717, 1.165) is 35.6 Å². The van der Waals surface area contributed by atoms with Crippen LogP contribution in [0.2, 0.25) is 5.02 Å². The molecule has 0 bridgehead atoms. The van der Waals surface area contributed by atoms with Crippen molar-refractivity contribution in [2.45, 2.75) is 69.5 Å². The van der Waals surface area contributed by atoms with E-state index in [1.165, 1.54) is 17.0 Å². The number of methoxy groups -OCH3 is 1. The lowest BCUT2D eigenvalue weighted by atomic mass is 10.1. The Kier molecular flexibility index (Phi) is 10.5. The molecule has 1 fully saturated rings. The highest BCUT2D eigenvalue weighted by Gasteiger charge is 2.35. The molecule has 3 aromatic rings. The first-order valence-electron chi connectivity index (χ1n) is 14.2. The van der Waals surface area contributed by atoms with Crippen LogP contribution >= 0.6 is 11.6 Å². The molecule has 224 valence electrons. The minimum Gasteiger partial charge on any atom is -0.497 e. The van der Waals surface area contributed by atoms with E-state index >= 15 is 0 Å². The highest BCUT2D eigenvalue weighted by Crippen LogP contribution is 2.31. The fourth-order valence-electron chi connectivity index (χ4n) is 5.31. The van der Waals surface area contributed by atoms with Crippen LogP contribution in [0, 0.1) is 6.92 Å². The second-order valence-electron chi connectivity index (χ2n) is 10.5. The van der Waals surface area contributed by atoms with Crippen LogP contribution in [-0.4, -0.2) is 50.9 Å². The van der Waals surface area contributed by atoms with Crippen LogP contribution < -0.4 is 14.4 Å². The van der Waals surface area contributed by atoms with Crippen molar-refractivity contribution in [2.24, 2.45) is 0 Å². The molecule has 1 atom stereocenters. The summed E-state index contributed by atoms with van der Waals surface area (Å²) >= 11 is 6.40. The van der Waals surface area contributed by atoms with Gasteiger partial charge in [0, 0.05) is 17.6 Å². The molecule has 0 unspecified atom stereocenters. The van der Waals surface area contributed by atoms with Crippen molar-refractivity contribution in [1.29, 1.82) is 0 Å². The van der Waals surface area contributed by atoms with Crippen molar-refractivity contribution in [2.75, 3.05) is 18.0 Å². The van der Waals surface area contributed by atoms with Gasteiger partial charge < -0.3 is 15.0 Å². The van der Waals surface area contributed by atoms with Crippen LogP contribution in [0.25, 0.3) is 0 Å². The second-order valence-corrected chi connectivity index (χ2v) is 12.8. The Hall–Kier alpha value is -3.56. The average Bonchev–Trinajstić information content (AvgIpc) is 3.51. The first-order chi connectivity index (χ1) is 20.1. The first-order valence-corrected chi connectivity index (χ1v) is 16.0. The van der Waals surface area contributed by atoms with Gasteiger partial charge >= 0.3 is 0 Å². The molecule has 1 aliphatic carbocycles. The average molecular weight is 612 g/mol. The summed E-state index contributed by atoms with van der Waals surface area (Å²) in [5.41, 5.74) is 1.61. The molecular weight excluding hydrogens is 574 g/mol. The molecule has 1 aliphatic rings. The predicted molar refractivity (Wildman–Crippen MR) is 165 cm³/mol. The van der Waals surface area contributed by atoms with E-state index in [1.54, 1.807) is 62.6 Å². The molecule has 0 aliphatic heterocycles. The lowest BCUT2D eigenvalue weighted by Crippen LogP contribution is -2.53. The molecule has 3 aromatic carbocycles. The Bertz CT molecular complexity index is 1480. The fraction of sp³-hybridized carbons (Fsp3) is 0.375. The Balaban J connectivity index is 1.73. The van der Waals surface area contributed by atoms with Gasteiger partial charge in [0.2, 0.25) is 11.8 Å². The SMILES string of the molecule is CC[C@@H](C(=O)NC1CCCC1)N(Cc1ccc(OC)cc1)C(=O)CN(c1cccc(Cl)c1C)S(=O)(=O)c1ccccc1. The highest BCUT2D eigenvalue weighted by molar-refractivity contribution is 7.92. The summed E-state index contributed by atoms with van der Waals surface area (Å²) < 4.78 is 34.4. The van der Waals surface area contributed by atoms with Gasteiger partial charge in [-0.1, -0.05) is 67.8 Å². The standard InChI is InChI=1S/C32H38ClN3O5S/c1-4-29(32(38)34-25-11-8-9-12-25)35(21-24-17-19-26(41-3)20-18-24)31(37)22-36(30-16-10-15-28(33)23(30)2)42(39,40)27-13-6-5-7-14-27/h5-7,10,13-20,25,29H,4,8-9,11-12,21-22H2,1-3H3,(H,34,38)/t29-/m0/s1. The number of sulfonamides is 1. The van der Waals surface area contributed by atoms with Crippen LogP contribution in [0.3, 0.4) is 0 Å². The molecule has 2 amide bonds. The number of hydrogen-bond donors (Lipinski definition) is 1. The van der Waals surface area contributed by atoms with Crippen molar-refractivity contribution < 1.29 is 22.7 Å². The number of amides is 2. The zero-order valence-corrected chi connectivity index (χ0v) is 25.8. The maximum atomic E-state index is 14.3. The van der Waals surface area contributed by atoms with Crippen molar-refractivity contribution in [3.8, 4) is 5.75 Å². The first kappa shape index (κ1) is 31.4. The van der Waals surface area contributed by atoms with Gasteiger partial charge in [0.05, 0.1) is 17.7 Å². The number of ether oxygens (including phenoxy) is 1. The lowest BCUT2D eigenvalue weighted by molar-refractivity contribution is -0.140. The third-order valence-electron chi connectivity index (χ3n) is 7.72. The van der Waals surface area contributed by atoms with E-state index in [1.807, 2.05) is 19.1 Å². The van der Waals surface area contributed by atoms with E-state index < -0.39 is 28.5 Å². The smallest absolute Gasteiger partial charge is 0.264 e. The second kappa shape index (κ2) is 14.1. The topological polar surface area (TPSA) is 96.0 Å². The van der Waals surface area contributed by atoms with Gasteiger partial charge in [-0.15, -0.1) is 0 Å². The van der Waals surface area contributed by atoms with E-state index in [-0.39, 0.29) is 23.4 Å². The molecule has 10 heteroatoms. The molecule has 4 rings (SSSR count). The molecule has 1 saturated carbocycles. The van der Waals surface area contributed by atoms with Gasteiger partial charge in [0.1, 0.15) is 18.3 Å². The maximum Gasteiger partial charge on any atom is 0.264 e. The number of rotatable bonds is 12. The third-order valence-corrected chi connectivity index (χ3v) is 9.90. The van der Waals surface area contributed by atoms with E-state index in [9.17, 15) is 18.0 Å². The number of anilines is 1. The quantitative estimate of drug-likeness (QED) is 0.283. The normalized spacial score (nSPS) is 14.3. The van der Waals surface area contributed by atoms with Gasteiger partial charge in [-0.3, -0.25) is 13.9 Å². The Morgan fingerprint density at radius 1 is 1.00 bits per heavy atom. The Morgan fingerprint density at radius 2 is 1.67 bits per heavy atom. The summed E-state index contributed by atoms with van der Waals surface area (Å²) in [7, 11) is -2.59. The van der Waals surface area contributed by atoms with E-state index in [0.29, 0.717) is 28.4 Å². The van der Waals surface area contributed by atoms with E-state index in [4.69, 9.17) is 16.3 Å². The minimum absolute atomic E-state index is 0.0462.